The number of benzene rings is 2. The maximum Gasteiger partial charge on any atom is 0.286 e. The van der Waals surface area contributed by atoms with Crippen LogP contribution in [0.1, 0.15) is 57.4 Å². The molecule has 1 aliphatic heterocycles. The Balaban J connectivity index is 1.57. The van der Waals surface area contributed by atoms with E-state index in [9.17, 15) is 14.4 Å². The summed E-state index contributed by atoms with van der Waals surface area (Å²) in [4.78, 5) is 37.5. The Morgan fingerprint density at radius 1 is 0.969 bits per heavy atom. The van der Waals surface area contributed by atoms with E-state index < -0.39 is 0 Å². The van der Waals surface area contributed by atoms with E-state index in [1.807, 2.05) is 55.6 Å². The van der Waals surface area contributed by atoms with Crippen molar-refractivity contribution in [3.63, 3.8) is 0 Å². The summed E-state index contributed by atoms with van der Waals surface area (Å²) in [5, 5.41) is 1.69. The van der Waals surface area contributed by atoms with Crippen LogP contribution in [-0.4, -0.2) is 29.4 Å². The summed E-state index contributed by atoms with van der Waals surface area (Å²) < 4.78 is 0. The summed E-state index contributed by atoms with van der Waals surface area (Å²) in [7, 11) is 1.84. The van der Waals surface area contributed by atoms with Gasteiger partial charge in [-0.3, -0.25) is 19.7 Å². The summed E-state index contributed by atoms with van der Waals surface area (Å²) in [6.07, 6.45) is 8.13. The third-order valence-electron chi connectivity index (χ3n) is 5.83. The lowest BCUT2D eigenvalue weighted by molar-refractivity contribution is -0.119. The Kier molecular flexibility index (Phi) is 8.91. The van der Waals surface area contributed by atoms with Gasteiger partial charge >= 0.3 is 0 Å². The molecule has 3 rings (SSSR count). The van der Waals surface area contributed by atoms with Crippen LogP contribution < -0.4 is 10.2 Å². The second-order valence-electron chi connectivity index (χ2n) is 8.31. The van der Waals surface area contributed by atoms with Crippen LogP contribution >= 0.6 is 11.8 Å². The molecule has 170 valence electrons. The van der Waals surface area contributed by atoms with E-state index in [2.05, 4.69) is 12.2 Å². The highest BCUT2D eigenvalue weighted by Gasteiger charge is 2.31. The lowest BCUT2D eigenvalue weighted by Gasteiger charge is -2.18. The molecule has 0 aromatic heterocycles. The molecular weight excluding hydrogens is 420 g/mol. The minimum atomic E-state index is -0.358. The summed E-state index contributed by atoms with van der Waals surface area (Å²) >= 11 is 1.05. The SMILES string of the molecule is CCCCCCCCC(=O)N(C)c1cccc(-c2ccc(CC3SC(=O)NC3=O)cc2)c1. The molecule has 0 saturated carbocycles. The fourth-order valence-corrected chi connectivity index (χ4v) is 4.70. The highest BCUT2D eigenvalue weighted by molar-refractivity contribution is 8.15. The molecule has 1 heterocycles. The fraction of sp³-hybridized carbons (Fsp3) is 0.423. The van der Waals surface area contributed by atoms with Crippen molar-refractivity contribution in [2.75, 3.05) is 11.9 Å². The van der Waals surface area contributed by atoms with Crippen LogP contribution in [-0.2, 0) is 16.0 Å². The number of nitrogens with one attached hydrogen (secondary N) is 1. The molecule has 2 aromatic carbocycles. The molecule has 0 spiro atoms. The lowest BCUT2D eigenvalue weighted by Crippen LogP contribution is -2.25. The van der Waals surface area contributed by atoms with E-state index in [1.165, 1.54) is 25.7 Å². The third kappa shape index (κ3) is 6.70. The first-order valence-electron chi connectivity index (χ1n) is 11.5. The summed E-state index contributed by atoms with van der Waals surface area (Å²) in [5.41, 5.74) is 3.99. The molecule has 2 aromatic rings. The minimum Gasteiger partial charge on any atom is -0.315 e. The molecule has 1 unspecified atom stereocenters. The number of imide groups is 1. The van der Waals surface area contributed by atoms with E-state index in [0.717, 1.165) is 47.0 Å². The number of nitrogens with zero attached hydrogens (tertiary/aromatic N) is 1. The predicted molar refractivity (Wildman–Crippen MR) is 132 cm³/mol. The van der Waals surface area contributed by atoms with Crippen molar-refractivity contribution in [1.29, 1.82) is 0 Å². The van der Waals surface area contributed by atoms with Gasteiger partial charge in [0.2, 0.25) is 11.8 Å². The van der Waals surface area contributed by atoms with Crippen molar-refractivity contribution < 1.29 is 14.4 Å². The van der Waals surface area contributed by atoms with Crippen LogP contribution in [0.5, 0.6) is 0 Å². The van der Waals surface area contributed by atoms with Crippen LogP contribution in [0.2, 0.25) is 0 Å². The first kappa shape index (κ1) is 24.1. The maximum absolute atomic E-state index is 12.6. The number of anilines is 1. The van der Waals surface area contributed by atoms with Crippen LogP contribution in [0.25, 0.3) is 11.1 Å². The van der Waals surface area contributed by atoms with Gasteiger partial charge in [0.25, 0.3) is 5.24 Å². The molecule has 1 atom stereocenters. The highest BCUT2D eigenvalue weighted by Crippen LogP contribution is 2.27. The largest absolute Gasteiger partial charge is 0.315 e. The Labute approximate surface area is 195 Å². The molecule has 1 fully saturated rings. The van der Waals surface area contributed by atoms with Gasteiger partial charge in [-0.25, -0.2) is 0 Å². The normalized spacial score (nSPS) is 15.6. The van der Waals surface area contributed by atoms with Gasteiger partial charge in [0, 0.05) is 19.2 Å². The van der Waals surface area contributed by atoms with Crippen molar-refractivity contribution in [3.05, 3.63) is 54.1 Å². The Hall–Kier alpha value is -2.60. The van der Waals surface area contributed by atoms with Gasteiger partial charge in [0.05, 0.1) is 5.25 Å². The van der Waals surface area contributed by atoms with Crippen LogP contribution in [0.4, 0.5) is 10.5 Å². The van der Waals surface area contributed by atoms with Crippen LogP contribution in [0, 0.1) is 0 Å². The molecule has 5 nitrogen and oxygen atoms in total. The topological polar surface area (TPSA) is 66.5 Å². The number of hydrogen-bond donors (Lipinski definition) is 1. The number of carbonyl (C=O) groups excluding carboxylic acids is 3. The quantitative estimate of drug-likeness (QED) is 0.427. The predicted octanol–water partition coefficient (Wildman–Crippen LogP) is 5.96. The average Bonchev–Trinajstić information content (AvgIpc) is 3.12. The fourth-order valence-electron chi connectivity index (χ4n) is 3.84. The van der Waals surface area contributed by atoms with Gasteiger partial charge in [-0.05, 0) is 41.7 Å². The number of thioether (sulfide) groups is 1. The van der Waals surface area contributed by atoms with E-state index >= 15 is 0 Å². The van der Waals surface area contributed by atoms with Crippen molar-refractivity contribution in [2.24, 2.45) is 0 Å². The number of carbonyl (C=O) groups is 3. The zero-order chi connectivity index (χ0) is 22.9. The van der Waals surface area contributed by atoms with E-state index in [-0.39, 0.29) is 22.3 Å². The van der Waals surface area contributed by atoms with Gasteiger partial charge in [-0.2, -0.15) is 0 Å². The Morgan fingerprint density at radius 2 is 1.69 bits per heavy atom. The Bertz CT molecular complexity index is 942. The highest BCUT2D eigenvalue weighted by atomic mass is 32.2. The molecule has 6 heteroatoms. The molecule has 3 amide bonds. The molecule has 1 N–H and O–H groups in total. The number of amides is 3. The monoisotopic (exact) mass is 452 g/mol. The molecule has 1 aliphatic rings. The number of hydrogen-bond acceptors (Lipinski definition) is 4. The minimum absolute atomic E-state index is 0.148. The number of rotatable bonds is 11. The molecule has 0 bridgehead atoms. The molecule has 32 heavy (non-hydrogen) atoms. The standard InChI is InChI=1S/C26H32N2O3S/c1-3-4-5-6-7-8-12-24(29)28(2)22-11-9-10-21(18-22)20-15-13-19(14-16-20)17-23-25(30)27-26(31)32-23/h9-11,13-16,18,23H,3-8,12,17H2,1-2H3,(H,27,30,31). The third-order valence-corrected chi connectivity index (χ3v) is 6.81. The van der Waals surface area contributed by atoms with E-state index in [1.54, 1.807) is 4.90 Å². The van der Waals surface area contributed by atoms with E-state index in [4.69, 9.17) is 0 Å². The van der Waals surface area contributed by atoms with Crippen LogP contribution in [0.15, 0.2) is 48.5 Å². The second kappa shape index (κ2) is 11.9. The van der Waals surface area contributed by atoms with Crippen LogP contribution in [0.3, 0.4) is 0 Å². The van der Waals surface area contributed by atoms with Gasteiger partial charge in [0.1, 0.15) is 0 Å². The summed E-state index contributed by atoms with van der Waals surface area (Å²) in [6.45, 7) is 2.21. The van der Waals surface area contributed by atoms with Gasteiger partial charge in [-0.1, -0.05) is 87.2 Å². The molecule has 0 aliphatic carbocycles. The zero-order valence-electron chi connectivity index (χ0n) is 18.9. The van der Waals surface area contributed by atoms with Gasteiger partial charge in [-0.15, -0.1) is 0 Å². The smallest absolute Gasteiger partial charge is 0.286 e. The summed E-state index contributed by atoms with van der Waals surface area (Å²) in [5.74, 6) is -0.0691. The second-order valence-corrected chi connectivity index (χ2v) is 9.48. The Morgan fingerprint density at radius 3 is 2.38 bits per heavy atom. The zero-order valence-corrected chi connectivity index (χ0v) is 19.7. The average molecular weight is 453 g/mol. The van der Waals surface area contributed by atoms with Crippen molar-refractivity contribution in [3.8, 4) is 11.1 Å². The van der Waals surface area contributed by atoms with E-state index in [0.29, 0.717) is 12.8 Å². The molecule has 1 saturated heterocycles. The maximum atomic E-state index is 12.6. The van der Waals surface area contributed by atoms with Gasteiger partial charge < -0.3 is 4.90 Å². The summed E-state index contributed by atoms with van der Waals surface area (Å²) in [6, 6.07) is 16.0. The molecule has 0 radical (unpaired) electrons. The van der Waals surface area contributed by atoms with Crippen molar-refractivity contribution >= 4 is 34.5 Å². The van der Waals surface area contributed by atoms with Gasteiger partial charge in [0.15, 0.2) is 0 Å². The number of unbranched alkanes of at least 4 members (excludes halogenated alkanes) is 5. The first-order chi connectivity index (χ1) is 15.5. The van der Waals surface area contributed by atoms with Crippen molar-refractivity contribution in [1.82, 2.24) is 5.32 Å². The van der Waals surface area contributed by atoms with Crippen molar-refractivity contribution in [2.45, 2.75) is 63.5 Å². The first-order valence-corrected chi connectivity index (χ1v) is 12.3. The lowest BCUT2D eigenvalue weighted by atomic mass is 10.0. The molecular formula is C26H32N2O3S.